The maximum absolute atomic E-state index is 10.1. The highest BCUT2D eigenvalue weighted by atomic mass is 32.2. The summed E-state index contributed by atoms with van der Waals surface area (Å²) >= 11 is 1.42. The molecule has 21 heavy (non-hydrogen) atoms. The van der Waals surface area contributed by atoms with Crippen LogP contribution in [0.4, 0.5) is 11.8 Å². The van der Waals surface area contributed by atoms with Crippen molar-refractivity contribution in [3.05, 3.63) is 0 Å². The van der Waals surface area contributed by atoms with Crippen LogP contribution in [0.1, 0.15) is 0 Å². The number of hydrogen-bond acceptors (Lipinski definition) is 10. The molecule has 9 nitrogen and oxygen atoms in total. The maximum atomic E-state index is 10.1. The lowest BCUT2D eigenvalue weighted by atomic mass is 10.1. The highest BCUT2D eigenvalue weighted by molar-refractivity contribution is 8.00. The molecular formula is C11H16N4O5S. The van der Waals surface area contributed by atoms with E-state index in [9.17, 15) is 10.2 Å². The van der Waals surface area contributed by atoms with Gasteiger partial charge in [-0.2, -0.15) is 9.97 Å². The number of nitrogens with zero attached hydrogens (tertiary/aromatic N) is 3. The van der Waals surface area contributed by atoms with Crippen LogP contribution in [0.15, 0.2) is 4.90 Å². The number of rotatable bonds is 3. The van der Waals surface area contributed by atoms with Gasteiger partial charge in [-0.15, -0.1) is 0 Å². The van der Waals surface area contributed by atoms with Crippen molar-refractivity contribution in [2.45, 2.75) is 29.4 Å². The summed E-state index contributed by atoms with van der Waals surface area (Å²) in [6, 6.07) is 0. The summed E-state index contributed by atoms with van der Waals surface area (Å²) in [5.41, 5.74) is 5.65. The van der Waals surface area contributed by atoms with E-state index >= 15 is 0 Å². The lowest BCUT2D eigenvalue weighted by Crippen LogP contribution is -2.43. The smallest absolute Gasteiger partial charge is 0.234 e. The van der Waals surface area contributed by atoms with Crippen LogP contribution in [0.2, 0.25) is 0 Å². The van der Waals surface area contributed by atoms with E-state index in [0.29, 0.717) is 22.5 Å². The number of fused-ring (bicyclic) bond motifs is 1. The summed E-state index contributed by atoms with van der Waals surface area (Å²) in [6.45, 7) is -0.377. The van der Waals surface area contributed by atoms with Gasteiger partial charge in [0.25, 0.3) is 0 Å². The van der Waals surface area contributed by atoms with Crippen LogP contribution in [0.25, 0.3) is 0 Å². The summed E-state index contributed by atoms with van der Waals surface area (Å²) in [6.07, 6.45) is -3.96. The van der Waals surface area contributed by atoms with Gasteiger partial charge in [-0.25, -0.2) is 0 Å². The first-order valence-electron chi connectivity index (χ1n) is 6.30. The van der Waals surface area contributed by atoms with Crippen molar-refractivity contribution in [1.29, 1.82) is 0 Å². The minimum absolute atomic E-state index is 0.0462. The Morgan fingerprint density at radius 1 is 1.43 bits per heavy atom. The van der Waals surface area contributed by atoms with Gasteiger partial charge < -0.3 is 35.4 Å². The molecule has 2 aliphatic rings. The second-order valence-electron chi connectivity index (χ2n) is 4.72. The molecule has 0 radical (unpaired) electrons. The van der Waals surface area contributed by atoms with Crippen LogP contribution < -0.4 is 15.4 Å². The zero-order valence-electron chi connectivity index (χ0n) is 11.2. The van der Waals surface area contributed by atoms with Gasteiger partial charge >= 0.3 is 0 Å². The summed E-state index contributed by atoms with van der Waals surface area (Å²) < 4.78 is 10.7. The number of nitrogens with two attached hydrogens (primary N) is 1. The summed E-state index contributed by atoms with van der Waals surface area (Å²) in [4.78, 5) is 10.5. The predicted molar refractivity (Wildman–Crippen MR) is 74.0 cm³/mol. The number of methoxy groups -OCH3 is 1. The first kappa shape index (κ1) is 14.6. The van der Waals surface area contributed by atoms with E-state index in [-0.39, 0.29) is 12.6 Å². The Morgan fingerprint density at radius 3 is 2.81 bits per heavy atom. The Hall–Kier alpha value is -1.33. The van der Waals surface area contributed by atoms with E-state index in [1.807, 2.05) is 0 Å². The van der Waals surface area contributed by atoms with Crippen molar-refractivity contribution >= 4 is 23.5 Å². The summed E-state index contributed by atoms with van der Waals surface area (Å²) in [5.74, 6) is 1.33. The number of hydrogen-bond donors (Lipinski definition) is 4. The molecule has 0 unspecified atom stereocenters. The normalized spacial score (nSPS) is 31.5. The Labute approximate surface area is 124 Å². The third-order valence-electron chi connectivity index (χ3n) is 3.47. The van der Waals surface area contributed by atoms with Gasteiger partial charge in [0.2, 0.25) is 11.8 Å². The van der Waals surface area contributed by atoms with Crippen molar-refractivity contribution in [1.82, 2.24) is 9.97 Å². The summed E-state index contributed by atoms with van der Waals surface area (Å²) in [7, 11) is 1.48. The molecule has 3 rings (SSSR count). The lowest BCUT2D eigenvalue weighted by molar-refractivity contribution is -0.0216. The van der Waals surface area contributed by atoms with Crippen molar-refractivity contribution in [2.24, 2.45) is 0 Å². The molecule has 116 valence electrons. The van der Waals surface area contributed by atoms with E-state index in [2.05, 4.69) is 9.97 Å². The standard InChI is InChI=1S/C11H16N4O5S/c1-19-9-7-8(13-11(12)14-9)15(3-21-7)10-6(18)5(17)4(2-16)20-10/h4-6,10,16-18H,2-3H2,1H3,(H2,12,13,14)/t4-,5-,6-,10-/m1/s1. The monoisotopic (exact) mass is 316 g/mol. The van der Waals surface area contributed by atoms with Gasteiger partial charge in [0.15, 0.2) is 12.0 Å². The average molecular weight is 316 g/mol. The molecule has 0 aromatic carbocycles. The van der Waals surface area contributed by atoms with Gasteiger partial charge in [0, 0.05) is 0 Å². The molecule has 1 aromatic heterocycles. The molecule has 1 saturated heterocycles. The fourth-order valence-corrected chi connectivity index (χ4v) is 3.50. The molecule has 4 atom stereocenters. The topological polar surface area (TPSA) is 134 Å². The zero-order chi connectivity index (χ0) is 15.1. The first-order chi connectivity index (χ1) is 10.1. The minimum atomic E-state index is -1.16. The first-order valence-corrected chi connectivity index (χ1v) is 7.28. The Bertz CT molecular complexity index is 548. The third kappa shape index (κ3) is 2.28. The van der Waals surface area contributed by atoms with Gasteiger partial charge in [-0.05, 0) is 0 Å². The van der Waals surface area contributed by atoms with Gasteiger partial charge in [-0.3, -0.25) is 0 Å². The van der Waals surface area contributed by atoms with Crippen LogP contribution >= 0.6 is 11.8 Å². The molecule has 1 aromatic rings. The number of aromatic nitrogens is 2. The van der Waals surface area contributed by atoms with Crippen LogP contribution in [0.5, 0.6) is 5.88 Å². The van der Waals surface area contributed by atoms with Crippen LogP contribution in [0, 0.1) is 0 Å². The van der Waals surface area contributed by atoms with Gasteiger partial charge in [0.05, 0.1) is 19.6 Å². The number of ether oxygens (including phenoxy) is 2. The summed E-state index contributed by atoms with van der Waals surface area (Å²) in [5, 5.41) is 29.1. The SMILES string of the molecule is COc1nc(N)nc2c1SCN2[C@@H]1O[C@H](CO)[C@@H](O)[C@H]1O. The molecule has 10 heteroatoms. The van der Waals surface area contributed by atoms with E-state index in [4.69, 9.17) is 20.3 Å². The lowest BCUT2D eigenvalue weighted by Gasteiger charge is -2.27. The Morgan fingerprint density at radius 2 is 2.19 bits per heavy atom. The van der Waals surface area contributed by atoms with Crippen molar-refractivity contribution in [3.63, 3.8) is 0 Å². The van der Waals surface area contributed by atoms with E-state index < -0.39 is 24.5 Å². The molecule has 0 bridgehead atoms. The largest absolute Gasteiger partial charge is 0.480 e. The highest BCUT2D eigenvalue weighted by Crippen LogP contribution is 2.45. The zero-order valence-corrected chi connectivity index (χ0v) is 12.0. The van der Waals surface area contributed by atoms with Gasteiger partial charge in [-0.1, -0.05) is 11.8 Å². The third-order valence-corrected chi connectivity index (χ3v) is 4.52. The number of aliphatic hydroxyl groups is 3. The molecule has 0 saturated carbocycles. The second-order valence-corrected chi connectivity index (χ2v) is 5.67. The van der Waals surface area contributed by atoms with Gasteiger partial charge in [0.1, 0.15) is 23.2 Å². The van der Waals surface area contributed by atoms with E-state index in [1.165, 1.54) is 18.9 Å². The van der Waals surface area contributed by atoms with E-state index in [1.54, 1.807) is 4.90 Å². The quantitative estimate of drug-likeness (QED) is 0.515. The molecule has 1 fully saturated rings. The minimum Gasteiger partial charge on any atom is -0.480 e. The fraction of sp³-hybridized carbons (Fsp3) is 0.636. The van der Waals surface area contributed by atoms with Crippen LogP contribution in [0.3, 0.4) is 0 Å². The van der Waals surface area contributed by atoms with Crippen molar-refractivity contribution in [3.8, 4) is 5.88 Å². The number of thioether (sulfide) groups is 1. The maximum Gasteiger partial charge on any atom is 0.234 e. The number of nitrogen functional groups attached to an aromatic ring is 1. The molecule has 2 aliphatic heterocycles. The Balaban J connectivity index is 1.93. The molecule has 0 spiro atoms. The van der Waals surface area contributed by atoms with E-state index in [0.717, 1.165) is 0 Å². The highest BCUT2D eigenvalue weighted by Gasteiger charge is 2.47. The van der Waals surface area contributed by atoms with Crippen LogP contribution in [-0.4, -0.2) is 69.4 Å². The molecule has 5 N–H and O–H groups in total. The molecule has 0 aliphatic carbocycles. The number of anilines is 2. The van der Waals surface area contributed by atoms with Crippen LogP contribution in [-0.2, 0) is 4.74 Å². The van der Waals surface area contributed by atoms with Crippen molar-refractivity contribution in [2.75, 3.05) is 30.2 Å². The fourth-order valence-electron chi connectivity index (χ4n) is 2.42. The second kappa shape index (κ2) is 5.46. The predicted octanol–water partition coefficient (Wildman–Crippen LogP) is -1.62. The molecule has 0 amide bonds. The number of aliphatic hydroxyl groups excluding tert-OH is 3. The molecule has 3 heterocycles. The Kier molecular flexibility index (Phi) is 3.80. The molecular weight excluding hydrogens is 300 g/mol. The average Bonchev–Trinajstić information content (AvgIpc) is 3.01. The van der Waals surface area contributed by atoms with Crippen molar-refractivity contribution < 1.29 is 24.8 Å².